The van der Waals surface area contributed by atoms with Gasteiger partial charge in [-0.1, -0.05) is 41.9 Å². The predicted molar refractivity (Wildman–Crippen MR) is 144 cm³/mol. The number of nitrogens with one attached hydrogen (secondary N) is 1. The van der Waals surface area contributed by atoms with Gasteiger partial charge in [0.2, 0.25) is 17.0 Å². The predicted octanol–water partition coefficient (Wildman–Crippen LogP) is 6.68. The number of halogens is 4. The number of anilines is 1. The van der Waals surface area contributed by atoms with Crippen LogP contribution >= 0.6 is 35.0 Å². The molecule has 0 aliphatic carbocycles. The zero-order valence-corrected chi connectivity index (χ0v) is 21.8. The molecule has 1 fully saturated rings. The van der Waals surface area contributed by atoms with E-state index in [-0.39, 0.29) is 26.6 Å². The first-order valence-corrected chi connectivity index (χ1v) is 12.6. The summed E-state index contributed by atoms with van der Waals surface area (Å²) in [5, 5.41) is 2.81. The van der Waals surface area contributed by atoms with Crippen LogP contribution in [0.5, 0.6) is 11.6 Å². The standard InChI is InChI=1S/C26H14Cl2F2N4O4S/c27-17-9-14(6-7-18(17)29)32-22(35)12-34-24(36)21(39-26(34)37)10-16-15-4-2-1-3-13(15)5-8-20(16)38-23-19(30)11-31-25(28)33-23/h1-11H,12H2,(H,32,35)/b21-10+. The van der Waals surface area contributed by atoms with Gasteiger partial charge in [0.1, 0.15) is 18.1 Å². The Labute approximate surface area is 233 Å². The molecule has 5 rings (SSSR count). The van der Waals surface area contributed by atoms with Crippen LogP contribution in [0, 0.1) is 11.6 Å². The molecule has 0 atom stereocenters. The molecule has 0 unspecified atom stereocenters. The average molecular weight is 587 g/mol. The van der Waals surface area contributed by atoms with Crippen molar-refractivity contribution in [3.8, 4) is 11.6 Å². The SMILES string of the molecule is O=C(CN1C(=O)S/C(=C/c2c(Oc3nc(Cl)ncc3F)ccc3ccccc23)C1=O)Nc1ccc(F)c(Cl)c1. The molecule has 3 aromatic carbocycles. The van der Waals surface area contributed by atoms with Crippen molar-refractivity contribution in [1.82, 2.24) is 14.9 Å². The van der Waals surface area contributed by atoms with E-state index in [2.05, 4.69) is 15.3 Å². The number of nitrogens with zero attached hydrogens (tertiary/aromatic N) is 3. The van der Waals surface area contributed by atoms with Crippen molar-refractivity contribution < 1.29 is 27.9 Å². The largest absolute Gasteiger partial charge is 0.436 e. The van der Waals surface area contributed by atoms with Gasteiger partial charge in [0.15, 0.2) is 0 Å². The average Bonchev–Trinajstić information content (AvgIpc) is 3.17. The normalized spacial score (nSPS) is 14.4. The molecule has 0 bridgehead atoms. The van der Waals surface area contributed by atoms with Gasteiger partial charge in [-0.25, -0.2) is 9.37 Å². The Hall–Kier alpha value is -4.06. The lowest BCUT2D eigenvalue weighted by molar-refractivity contribution is -0.127. The van der Waals surface area contributed by atoms with Gasteiger partial charge in [-0.15, -0.1) is 0 Å². The van der Waals surface area contributed by atoms with Crippen LogP contribution < -0.4 is 10.1 Å². The van der Waals surface area contributed by atoms with Crippen molar-refractivity contribution in [2.24, 2.45) is 0 Å². The van der Waals surface area contributed by atoms with Crippen LogP contribution in [0.4, 0.5) is 19.3 Å². The van der Waals surface area contributed by atoms with Gasteiger partial charge in [0.05, 0.1) is 16.1 Å². The van der Waals surface area contributed by atoms with E-state index in [1.165, 1.54) is 18.2 Å². The van der Waals surface area contributed by atoms with Crippen LogP contribution in [0.3, 0.4) is 0 Å². The molecule has 196 valence electrons. The second-order valence-corrected chi connectivity index (χ2v) is 9.78. The molecule has 3 amide bonds. The van der Waals surface area contributed by atoms with E-state index in [4.69, 9.17) is 27.9 Å². The third kappa shape index (κ3) is 5.70. The Morgan fingerprint density at radius 1 is 1.08 bits per heavy atom. The first-order chi connectivity index (χ1) is 18.7. The van der Waals surface area contributed by atoms with E-state index < -0.39 is 41.1 Å². The number of ether oxygens (including phenoxy) is 1. The van der Waals surface area contributed by atoms with Gasteiger partial charge in [-0.2, -0.15) is 9.37 Å². The summed E-state index contributed by atoms with van der Waals surface area (Å²) in [7, 11) is 0. The fourth-order valence-electron chi connectivity index (χ4n) is 3.71. The molecule has 1 aliphatic heterocycles. The number of imide groups is 1. The maximum Gasteiger partial charge on any atom is 0.294 e. The summed E-state index contributed by atoms with van der Waals surface area (Å²) in [4.78, 5) is 46.4. The molecule has 0 spiro atoms. The summed E-state index contributed by atoms with van der Waals surface area (Å²) in [6.07, 6.45) is 2.29. The fourth-order valence-corrected chi connectivity index (χ4v) is 4.83. The Morgan fingerprint density at radius 2 is 1.87 bits per heavy atom. The number of amides is 3. The lowest BCUT2D eigenvalue weighted by Crippen LogP contribution is -2.36. The van der Waals surface area contributed by atoms with Crippen molar-refractivity contribution in [2.75, 3.05) is 11.9 Å². The lowest BCUT2D eigenvalue weighted by Gasteiger charge is -2.13. The van der Waals surface area contributed by atoms with E-state index in [0.29, 0.717) is 22.7 Å². The minimum atomic E-state index is -0.854. The van der Waals surface area contributed by atoms with Gasteiger partial charge in [-0.3, -0.25) is 19.3 Å². The third-order valence-corrected chi connectivity index (χ3v) is 6.85. The van der Waals surface area contributed by atoms with Gasteiger partial charge >= 0.3 is 0 Å². The van der Waals surface area contributed by atoms with Crippen LogP contribution in [-0.2, 0) is 9.59 Å². The minimum Gasteiger partial charge on any atom is -0.436 e. The number of hydrogen-bond donors (Lipinski definition) is 1. The number of carbonyl (C=O) groups is 3. The van der Waals surface area contributed by atoms with E-state index >= 15 is 0 Å². The van der Waals surface area contributed by atoms with Crippen LogP contribution in [0.1, 0.15) is 5.56 Å². The van der Waals surface area contributed by atoms with Gasteiger partial charge in [0.25, 0.3) is 17.0 Å². The molecule has 1 N–H and O–H groups in total. The first kappa shape index (κ1) is 26.5. The maximum absolute atomic E-state index is 14.3. The molecule has 39 heavy (non-hydrogen) atoms. The van der Waals surface area contributed by atoms with E-state index in [1.54, 1.807) is 24.3 Å². The number of aromatic nitrogens is 2. The molecular weight excluding hydrogens is 573 g/mol. The second-order valence-electron chi connectivity index (χ2n) is 8.04. The maximum atomic E-state index is 14.3. The van der Waals surface area contributed by atoms with Crippen molar-refractivity contribution >= 4 is 74.6 Å². The van der Waals surface area contributed by atoms with E-state index in [1.807, 2.05) is 12.1 Å². The fraction of sp³-hybridized carbons (Fsp3) is 0.0385. The van der Waals surface area contributed by atoms with Gasteiger partial charge < -0.3 is 10.1 Å². The van der Waals surface area contributed by atoms with Crippen LogP contribution in [0.15, 0.2) is 65.7 Å². The molecule has 4 aromatic rings. The number of hydrogen-bond acceptors (Lipinski definition) is 7. The van der Waals surface area contributed by atoms with Crippen molar-refractivity contribution in [3.63, 3.8) is 0 Å². The Kier molecular flexibility index (Phi) is 7.47. The Bertz CT molecular complexity index is 1700. The summed E-state index contributed by atoms with van der Waals surface area (Å²) in [5.74, 6) is -3.20. The quantitative estimate of drug-likeness (QED) is 0.198. The molecule has 2 heterocycles. The summed E-state index contributed by atoms with van der Waals surface area (Å²) in [6, 6.07) is 14.1. The van der Waals surface area contributed by atoms with E-state index in [9.17, 15) is 23.2 Å². The van der Waals surface area contributed by atoms with Crippen LogP contribution in [0.2, 0.25) is 10.3 Å². The topological polar surface area (TPSA) is 101 Å². The number of fused-ring (bicyclic) bond motifs is 1. The highest BCUT2D eigenvalue weighted by molar-refractivity contribution is 8.18. The molecule has 0 saturated carbocycles. The second kappa shape index (κ2) is 11.0. The lowest BCUT2D eigenvalue weighted by atomic mass is 10.0. The summed E-state index contributed by atoms with van der Waals surface area (Å²) in [5.41, 5.74) is 0.571. The number of rotatable bonds is 6. The highest BCUT2D eigenvalue weighted by atomic mass is 35.5. The van der Waals surface area contributed by atoms with Crippen molar-refractivity contribution in [1.29, 1.82) is 0 Å². The summed E-state index contributed by atoms with van der Waals surface area (Å²) < 4.78 is 33.4. The zero-order chi connectivity index (χ0) is 27.7. The smallest absolute Gasteiger partial charge is 0.294 e. The Balaban J connectivity index is 1.44. The van der Waals surface area contributed by atoms with Gasteiger partial charge in [0, 0.05) is 11.3 Å². The molecular formula is C26H14Cl2F2N4O4S. The van der Waals surface area contributed by atoms with Crippen LogP contribution in [0.25, 0.3) is 16.8 Å². The minimum absolute atomic E-state index is 0.0139. The monoisotopic (exact) mass is 586 g/mol. The number of benzene rings is 3. The summed E-state index contributed by atoms with van der Waals surface area (Å²) in [6.45, 7) is -0.583. The molecule has 1 aliphatic rings. The molecule has 1 saturated heterocycles. The molecule has 1 aromatic heterocycles. The molecule has 0 radical (unpaired) electrons. The van der Waals surface area contributed by atoms with Crippen molar-refractivity contribution in [3.05, 3.63) is 93.2 Å². The third-order valence-electron chi connectivity index (χ3n) is 5.47. The Morgan fingerprint density at radius 3 is 2.67 bits per heavy atom. The van der Waals surface area contributed by atoms with Gasteiger partial charge in [-0.05, 0) is 64.5 Å². The zero-order valence-electron chi connectivity index (χ0n) is 19.5. The summed E-state index contributed by atoms with van der Waals surface area (Å²) >= 11 is 12.1. The first-order valence-electron chi connectivity index (χ1n) is 11.1. The number of carbonyl (C=O) groups excluding carboxylic acids is 3. The molecule has 13 heteroatoms. The van der Waals surface area contributed by atoms with E-state index in [0.717, 1.165) is 22.5 Å². The highest BCUT2D eigenvalue weighted by Crippen LogP contribution is 2.38. The highest BCUT2D eigenvalue weighted by Gasteiger charge is 2.36. The van der Waals surface area contributed by atoms with Crippen LogP contribution in [-0.4, -0.2) is 38.5 Å². The number of thioether (sulfide) groups is 1. The molecule has 8 nitrogen and oxygen atoms in total. The van der Waals surface area contributed by atoms with Crippen molar-refractivity contribution in [2.45, 2.75) is 0 Å².